The number of rotatable bonds is 4. The predicted molar refractivity (Wildman–Crippen MR) is 69.9 cm³/mol. The van der Waals surface area contributed by atoms with Crippen LogP contribution in [0.3, 0.4) is 0 Å². The minimum absolute atomic E-state index is 0.618. The molecule has 0 aliphatic heterocycles. The fourth-order valence-electron chi connectivity index (χ4n) is 2.07. The summed E-state index contributed by atoms with van der Waals surface area (Å²) in [6, 6.07) is 10.1. The third-order valence-electron chi connectivity index (χ3n) is 3.38. The summed E-state index contributed by atoms with van der Waals surface area (Å²) in [5, 5.41) is 10.2. The predicted octanol–water partition coefficient (Wildman–Crippen LogP) is 2.85. The molecule has 0 radical (unpaired) electrons. The zero-order valence-electron chi connectivity index (χ0n) is 9.80. The number of carboxylic acids is 1. The van der Waals surface area contributed by atoms with Crippen molar-refractivity contribution in [3.8, 4) is 0 Å². The summed E-state index contributed by atoms with van der Waals surface area (Å²) < 4.78 is 0. The smallest absolute Gasteiger partial charge is 0.315 e. The van der Waals surface area contributed by atoms with Crippen LogP contribution in [0, 0.1) is 0 Å². The molecule has 0 bridgehead atoms. The van der Waals surface area contributed by atoms with Gasteiger partial charge in [0.05, 0.1) is 5.01 Å². The maximum atomic E-state index is 11.2. The largest absolute Gasteiger partial charge is 0.481 e. The zero-order valence-corrected chi connectivity index (χ0v) is 10.6. The van der Waals surface area contributed by atoms with Gasteiger partial charge in [0.15, 0.2) is 0 Å². The van der Waals surface area contributed by atoms with Crippen LogP contribution < -0.4 is 0 Å². The van der Waals surface area contributed by atoms with E-state index < -0.39 is 11.4 Å². The molecule has 1 aromatic heterocycles. The number of aromatic nitrogens is 1. The Kier molecular flexibility index (Phi) is 2.67. The average molecular weight is 259 g/mol. The van der Waals surface area contributed by atoms with Crippen molar-refractivity contribution in [2.24, 2.45) is 0 Å². The standard InChI is InChI=1S/C14H13NO2S/c16-13(17)14(6-7-14)11-9-15-12(18-11)8-10-4-2-1-3-5-10/h1-5,9H,6-8H2,(H,16,17). The lowest BCUT2D eigenvalue weighted by atomic mass is 10.1. The fourth-order valence-corrected chi connectivity index (χ4v) is 3.26. The summed E-state index contributed by atoms with van der Waals surface area (Å²) in [4.78, 5) is 16.5. The van der Waals surface area contributed by atoms with E-state index in [9.17, 15) is 9.90 Å². The van der Waals surface area contributed by atoms with Crippen LogP contribution in [0.25, 0.3) is 0 Å². The van der Waals surface area contributed by atoms with E-state index in [2.05, 4.69) is 17.1 Å². The highest BCUT2D eigenvalue weighted by Crippen LogP contribution is 2.50. The van der Waals surface area contributed by atoms with Gasteiger partial charge in [0.1, 0.15) is 5.41 Å². The van der Waals surface area contributed by atoms with Gasteiger partial charge >= 0.3 is 5.97 Å². The normalized spacial score (nSPS) is 16.4. The van der Waals surface area contributed by atoms with Crippen molar-refractivity contribution in [3.63, 3.8) is 0 Å². The zero-order chi connectivity index (χ0) is 12.6. The number of aliphatic carboxylic acids is 1. The topological polar surface area (TPSA) is 50.2 Å². The number of carbonyl (C=O) groups is 1. The Morgan fingerprint density at radius 1 is 1.33 bits per heavy atom. The quantitative estimate of drug-likeness (QED) is 0.918. The van der Waals surface area contributed by atoms with E-state index in [-0.39, 0.29) is 0 Å². The van der Waals surface area contributed by atoms with Crippen molar-refractivity contribution in [1.82, 2.24) is 4.98 Å². The van der Waals surface area contributed by atoms with Crippen LogP contribution in [0.15, 0.2) is 36.5 Å². The molecule has 1 N–H and O–H groups in total. The molecule has 3 rings (SSSR count). The molecule has 3 nitrogen and oxygen atoms in total. The third-order valence-corrected chi connectivity index (χ3v) is 4.58. The van der Waals surface area contributed by atoms with E-state index in [4.69, 9.17) is 0 Å². The van der Waals surface area contributed by atoms with Crippen LogP contribution >= 0.6 is 11.3 Å². The molecule has 18 heavy (non-hydrogen) atoms. The lowest BCUT2D eigenvalue weighted by Gasteiger charge is -2.04. The van der Waals surface area contributed by atoms with Crippen LogP contribution in [0.4, 0.5) is 0 Å². The minimum Gasteiger partial charge on any atom is -0.481 e. The molecule has 2 aromatic rings. The Labute approximate surface area is 109 Å². The van der Waals surface area contributed by atoms with Gasteiger partial charge in [-0.25, -0.2) is 4.98 Å². The van der Waals surface area contributed by atoms with Crippen LogP contribution in [-0.4, -0.2) is 16.1 Å². The average Bonchev–Trinajstić information content (AvgIpc) is 3.07. The number of benzene rings is 1. The molecule has 1 aromatic carbocycles. The van der Waals surface area contributed by atoms with Crippen molar-refractivity contribution >= 4 is 17.3 Å². The molecule has 0 atom stereocenters. The van der Waals surface area contributed by atoms with Crippen LogP contribution in [0.5, 0.6) is 0 Å². The highest BCUT2D eigenvalue weighted by atomic mass is 32.1. The summed E-state index contributed by atoms with van der Waals surface area (Å²) in [6.45, 7) is 0. The maximum Gasteiger partial charge on any atom is 0.315 e. The molecule has 0 unspecified atom stereocenters. The number of hydrogen-bond acceptors (Lipinski definition) is 3. The van der Waals surface area contributed by atoms with Gasteiger partial charge in [0.25, 0.3) is 0 Å². The van der Waals surface area contributed by atoms with Gasteiger partial charge in [0, 0.05) is 17.5 Å². The molecule has 0 spiro atoms. The highest BCUT2D eigenvalue weighted by molar-refractivity contribution is 7.12. The summed E-state index contributed by atoms with van der Waals surface area (Å²) in [7, 11) is 0. The van der Waals surface area contributed by atoms with E-state index in [0.717, 1.165) is 29.1 Å². The van der Waals surface area contributed by atoms with Gasteiger partial charge in [-0.2, -0.15) is 0 Å². The Morgan fingerprint density at radius 2 is 2.06 bits per heavy atom. The first kappa shape index (κ1) is 11.4. The number of thiazole rings is 1. The molecular weight excluding hydrogens is 246 g/mol. The van der Waals surface area contributed by atoms with Crippen molar-refractivity contribution in [2.45, 2.75) is 24.7 Å². The van der Waals surface area contributed by atoms with Gasteiger partial charge in [-0.15, -0.1) is 11.3 Å². The second kappa shape index (κ2) is 4.21. The highest BCUT2D eigenvalue weighted by Gasteiger charge is 2.53. The van der Waals surface area contributed by atoms with Crippen LogP contribution in [0.2, 0.25) is 0 Å². The van der Waals surface area contributed by atoms with Gasteiger partial charge in [0.2, 0.25) is 0 Å². The molecule has 1 saturated carbocycles. The lowest BCUT2D eigenvalue weighted by Crippen LogP contribution is -2.17. The van der Waals surface area contributed by atoms with E-state index >= 15 is 0 Å². The first-order valence-electron chi connectivity index (χ1n) is 5.93. The molecule has 1 aliphatic carbocycles. The molecule has 4 heteroatoms. The SMILES string of the molecule is O=C(O)C1(c2cnc(Cc3ccccc3)s2)CC1. The minimum atomic E-state index is -0.711. The van der Waals surface area contributed by atoms with Crippen molar-refractivity contribution in [2.75, 3.05) is 0 Å². The van der Waals surface area contributed by atoms with E-state index in [1.165, 1.54) is 16.9 Å². The van der Waals surface area contributed by atoms with E-state index in [1.54, 1.807) is 6.20 Å². The molecule has 92 valence electrons. The van der Waals surface area contributed by atoms with Gasteiger partial charge in [-0.3, -0.25) is 4.79 Å². The molecule has 0 amide bonds. The first-order chi connectivity index (χ1) is 8.71. The molecule has 1 fully saturated rings. The van der Waals surface area contributed by atoms with Crippen LogP contribution in [0.1, 0.15) is 28.3 Å². The summed E-state index contributed by atoms with van der Waals surface area (Å²) in [5.41, 5.74) is 0.589. The van der Waals surface area contributed by atoms with Crippen molar-refractivity contribution in [3.05, 3.63) is 52.0 Å². The summed E-state index contributed by atoms with van der Waals surface area (Å²) in [6.07, 6.45) is 4.01. The maximum absolute atomic E-state index is 11.2. The molecule has 1 aliphatic rings. The van der Waals surface area contributed by atoms with E-state index in [0.29, 0.717) is 0 Å². The third kappa shape index (κ3) is 1.93. The Morgan fingerprint density at radius 3 is 2.67 bits per heavy atom. The summed E-state index contributed by atoms with van der Waals surface area (Å²) in [5.74, 6) is -0.711. The second-order valence-corrected chi connectivity index (χ2v) is 5.78. The van der Waals surface area contributed by atoms with Gasteiger partial charge < -0.3 is 5.11 Å². The van der Waals surface area contributed by atoms with Crippen molar-refractivity contribution in [1.29, 1.82) is 0 Å². The van der Waals surface area contributed by atoms with Crippen molar-refractivity contribution < 1.29 is 9.90 Å². The van der Waals surface area contributed by atoms with Gasteiger partial charge in [-0.1, -0.05) is 30.3 Å². The summed E-state index contributed by atoms with van der Waals surface area (Å²) >= 11 is 1.53. The van der Waals surface area contributed by atoms with Crippen LogP contribution in [-0.2, 0) is 16.6 Å². The molecule has 1 heterocycles. The Balaban J connectivity index is 1.81. The number of nitrogens with zero attached hydrogens (tertiary/aromatic N) is 1. The monoisotopic (exact) mass is 259 g/mol. The fraction of sp³-hybridized carbons (Fsp3) is 0.286. The lowest BCUT2D eigenvalue weighted by molar-refractivity contribution is -0.139. The number of hydrogen-bond donors (Lipinski definition) is 1. The molecule has 0 saturated heterocycles. The second-order valence-electron chi connectivity index (χ2n) is 4.67. The number of carboxylic acid groups (broad SMARTS) is 1. The Bertz CT molecular complexity index is 572. The first-order valence-corrected chi connectivity index (χ1v) is 6.75. The van der Waals surface area contributed by atoms with E-state index in [1.807, 2.05) is 18.2 Å². The van der Waals surface area contributed by atoms with Gasteiger partial charge in [-0.05, 0) is 18.4 Å². The Hall–Kier alpha value is -1.68. The molecular formula is C14H13NO2S.